The van der Waals surface area contributed by atoms with E-state index in [0.29, 0.717) is 11.7 Å². The SMILES string of the molecule is NC(=O)CC[Se]CCC(=O)O. The van der Waals surface area contributed by atoms with Crippen molar-refractivity contribution in [2.24, 2.45) is 5.73 Å². The van der Waals surface area contributed by atoms with Crippen molar-refractivity contribution in [1.82, 2.24) is 0 Å². The number of hydrogen-bond acceptors (Lipinski definition) is 2. The van der Waals surface area contributed by atoms with Crippen LogP contribution in [-0.4, -0.2) is 31.9 Å². The molecule has 0 spiro atoms. The summed E-state index contributed by atoms with van der Waals surface area (Å²) in [7, 11) is 0. The Bertz CT molecular complexity index is 133. The van der Waals surface area contributed by atoms with Crippen molar-refractivity contribution < 1.29 is 14.7 Å². The van der Waals surface area contributed by atoms with Gasteiger partial charge in [-0.05, 0) is 0 Å². The molecule has 0 atom stereocenters. The van der Waals surface area contributed by atoms with E-state index in [1.807, 2.05) is 0 Å². The molecule has 0 aliphatic carbocycles. The molecule has 1 amide bonds. The fourth-order valence-corrected chi connectivity index (χ4v) is 2.26. The van der Waals surface area contributed by atoms with Crippen LogP contribution in [0.4, 0.5) is 0 Å². The van der Waals surface area contributed by atoms with Crippen LogP contribution in [0.15, 0.2) is 0 Å². The maximum atomic E-state index is 10.2. The minimum atomic E-state index is -0.772. The molecule has 5 heteroatoms. The van der Waals surface area contributed by atoms with Gasteiger partial charge in [0, 0.05) is 0 Å². The summed E-state index contributed by atoms with van der Waals surface area (Å²) in [5.41, 5.74) is 4.89. The van der Waals surface area contributed by atoms with E-state index in [9.17, 15) is 9.59 Å². The van der Waals surface area contributed by atoms with Crippen LogP contribution in [0.1, 0.15) is 12.8 Å². The summed E-state index contributed by atoms with van der Waals surface area (Å²) in [5.74, 6) is -1.08. The summed E-state index contributed by atoms with van der Waals surface area (Å²) in [6, 6.07) is 0. The predicted molar refractivity (Wildman–Crippen MR) is 41.4 cm³/mol. The van der Waals surface area contributed by atoms with Crippen LogP contribution in [0, 0.1) is 0 Å². The number of carboxylic acid groups (broad SMARTS) is 1. The van der Waals surface area contributed by atoms with Crippen LogP contribution in [0.2, 0.25) is 10.6 Å². The van der Waals surface area contributed by atoms with Crippen molar-refractivity contribution in [3.8, 4) is 0 Å². The first-order valence-corrected chi connectivity index (χ1v) is 5.63. The summed E-state index contributed by atoms with van der Waals surface area (Å²) < 4.78 is 0. The van der Waals surface area contributed by atoms with Gasteiger partial charge in [0.25, 0.3) is 0 Å². The summed E-state index contributed by atoms with van der Waals surface area (Å²) >= 11 is 0.257. The fourth-order valence-electron chi connectivity index (χ4n) is 0.434. The molecule has 0 aliphatic rings. The van der Waals surface area contributed by atoms with Crippen LogP contribution >= 0.6 is 0 Å². The van der Waals surface area contributed by atoms with E-state index in [0.717, 1.165) is 5.32 Å². The quantitative estimate of drug-likeness (QED) is 0.487. The van der Waals surface area contributed by atoms with Crippen LogP contribution in [0.5, 0.6) is 0 Å². The number of carboxylic acids is 1. The molecule has 3 N–H and O–H groups in total. The molecule has 4 nitrogen and oxygen atoms in total. The van der Waals surface area contributed by atoms with Gasteiger partial charge < -0.3 is 0 Å². The topological polar surface area (TPSA) is 80.4 Å². The van der Waals surface area contributed by atoms with Crippen molar-refractivity contribution in [2.75, 3.05) is 0 Å². The number of primary amides is 1. The molecule has 0 saturated heterocycles. The van der Waals surface area contributed by atoms with Crippen molar-refractivity contribution in [3.05, 3.63) is 0 Å². The van der Waals surface area contributed by atoms with Gasteiger partial charge in [-0.1, -0.05) is 0 Å². The molecule has 11 heavy (non-hydrogen) atoms. The zero-order valence-corrected chi connectivity index (χ0v) is 7.79. The summed E-state index contributed by atoms with van der Waals surface area (Å²) in [4.78, 5) is 20.2. The Morgan fingerprint density at radius 2 is 1.82 bits per heavy atom. The van der Waals surface area contributed by atoms with Gasteiger partial charge in [0.2, 0.25) is 0 Å². The monoisotopic (exact) mass is 225 g/mol. The predicted octanol–water partition coefficient (Wildman–Crippen LogP) is -0.123. The standard InChI is InChI=1S/C6H11NO3Se/c7-5(8)1-3-11-4-2-6(9)10/h1-4H2,(H2,7,8)(H,9,10). The third-order valence-corrected chi connectivity index (χ3v) is 3.02. The molecule has 0 bridgehead atoms. The molecular weight excluding hydrogens is 213 g/mol. The van der Waals surface area contributed by atoms with E-state index in [4.69, 9.17) is 10.8 Å². The van der Waals surface area contributed by atoms with E-state index in [1.165, 1.54) is 0 Å². The summed E-state index contributed by atoms with van der Waals surface area (Å²) in [6.45, 7) is 0. The molecule has 0 fully saturated rings. The third kappa shape index (κ3) is 9.46. The summed E-state index contributed by atoms with van der Waals surface area (Å²) in [5, 5.41) is 9.69. The number of amides is 1. The zero-order chi connectivity index (χ0) is 8.69. The Morgan fingerprint density at radius 3 is 2.27 bits per heavy atom. The van der Waals surface area contributed by atoms with E-state index in [-0.39, 0.29) is 27.3 Å². The molecule has 0 unspecified atom stereocenters. The van der Waals surface area contributed by atoms with Crippen LogP contribution in [0.25, 0.3) is 0 Å². The van der Waals surface area contributed by atoms with Gasteiger partial charge in [0.1, 0.15) is 0 Å². The fraction of sp³-hybridized carbons (Fsp3) is 0.667. The van der Waals surface area contributed by atoms with Crippen molar-refractivity contribution in [1.29, 1.82) is 0 Å². The first-order valence-electron chi connectivity index (χ1n) is 3.20. The van der Waals surface area contributed by atoms with E-state index < -0.39 is 5.97 Å². The molecule has 0 aromatic carbocycles. The number of hydrogen-bond donors (Lipinski definition) is 2. The second-order valence-electron chi connectivity index (χ2n) is 1.97. The molecule has 0 radical (unpaired) electrons. The van der Waals surface area contributed by atoms with Gasteiger partial charge in [-0.25, -0.2) is 0 Å². The van der Waals surface area contributed by atoms with Crippen molar-refractivity contribution >= 4 is 26.8 Å². The first-order chi connectivity index (χ1) is 5.13. The molecular formula is C6H11NO3Se. The molecule has 0 aromatic rings. The van der Waals surface area contributed by atoms with Crippen LogP contribution in [-0.2, 0) is 9.59 Å². The van der Waals surface area contributed by atoms with Crippen LogP contribution in [0.3, 0.4) is 0 Å². The Morgan fingerprint density at radius 1 is 1.27 bits per heavy atom. The number of rotatable bonds is 6. The molecule has 0 heterocycles. The van der Waals surface area contributed by atoms with E-state index in [2.05, 4.69) is 0 Å². The average Bonchev–Trinajstić information content (AvgIpc) is 1.85. The first kappa shape index (κ1) is 10.5. The van der Waals surface area contributed by atoms with Gasteiger partial charge in [-0.3, -0.25) is 0 Å². The molecule has 0 aliphatic heterocycles. The molecule has 64 valence electrons. The Hall–Kier alpha value is -0.541. The molecule has 0 aromatic heterocycles. The van der Waals surface area contributed by atoms with Gasteiger partial charge in [-0.2, -0.15) is 0 Å². The Balaban J connectivity index is 3.03. The Kier molecular flexibility index (Phi) is 5.88. The number of nitrogens with two attached hydrogens (primary N) is 1. The second-order valence-corrected chi connectivity index (χ2v) is 4.54. The number of aliphatic carboxylic acids is 1. The third-order valence-electron chi connectivity index (χ3n) is 0.953. The second kappa shape index (κ2) is 6.19. The maximum absolute atomic E-state index is 10.2. The van der Waals surface area contributed by atoms with Gasteiger partial charge in [0.15, 0.2) is 0 Å². The van der Waals surface area contributed by atoms with Crippen molar-refractivity contribution in [2.45, 2.75) is 23.5 Å². The average molecular weight is 224 g/mol. The molecule has 0 rings (SSSR count). The van der Waals surface area contributed by atoms with Gasteiger partial charge in [0.05, 0.1) is 0 Å². The van der Waals surface area contributed by atoms with Crippen molar-refractivity contribution in [3.63, 3.8) is 0 Å². The van der Waals surface area contributed by atoms with Gasteiger partial charge in [-0.15, -0.1) is 0 Å². The zero-order valence-electron chi connectivity index (χ0n) is 6.08. The minimum absolute atomic E-state index is 0.207. The summed E-state index contributed by atoms with van der Waals surface area (Å²) in [6.07, 6.45) is 0.596. The van der Waals surface area contributed by atoms with Crippen LogP contribution < -0.4 is 5.73 Å². The molecule has 0 saturated carbocycles. The van der Waals surface area contributed by atoms with Gasteiger partial charge >= 0.3 is 70.7 Å². The Labute approximate surface area is 71.3 Å². The number of carbonyl (C=O) groups is 2. The normalized spacial score (nSPS) is 9.45. The van der Waals surface area contributed by atoms with E-state index in [1.54, 1.807) is 0 Å². The van der Waals surface area contributed by atoms with E-state index >= 15 is 0 Å². The number of carbonyl (C=O) groups excluding carboxylic acids is 1.